The van der Waals surface area contributed by atoms with Gasteiger partial charge in [0.15, 0.2) is 5.96 Å². The van der Waals surface area contributed by atoms with E-state index < -0.39 is 11.7 Å². The monoisotopic (exact) mass is 448 g/mol. The fourth-order valence-corrected chi connectivity index (χ4v) is 3.67. The molecular formula is C23H31F3N6. The third-order valence-corrected chi connectivity index (χ3v) is 5.49. The Morgan fingerprint density at radius 3 is 2.53 bits per heavy atom. The zero-order chi connectivity index (χ0) is 22.8. The normalized spacial score (nSPS) is 15.6. The van der Waals surface area contributed by atoms with Crippen molar-refractivity contribution >= 4 is 11.6 Å². The summed E-state index contributed by atoms with van der Waals surface area (Å²) in [7, 11) is 1.75. The predicted octanol–water partition coefficient (Wildman–Crippen LogP) is 3.37. The molecule has 2 aromatic rings. The van der Waals surface area contributed by atoms with Gasteiger partial charge in [-0.1, -0.05) is 12.1 Å². The molecule has 1 aliphatic rings. The van der Waals surface area contributed by atoms with Crippen molar-refractivity contribution in [2.75, 3.05) is 51.2 Å². The quantitative estimate of drug-likeness (QED) is 0.369. The number of halogens is 3. The molecule has 0 amide bonds. The molecule has 0 aliphatic carbocycles. The Balaban J connectivity index is 1.31. The molecule has 1 aromatic carbocycles. The number of aliphatic imine (C=N–C) groups is 1. The van der Waals surface area contributed by atoms with E-state index in [1.54, 1.807) is 19.3 Å². The molecule has 1 fully saturated rings. The molecule has 32 heavy (non-hydrogen) atoms. The van der Waals surface area contributed by atoms with Crippen molar-refractivity contribution in [3.63, 3.8) is 0 Å². The summed E-state index contributed by atoms with van der Waals surface area (Å²) in [6.45, 7) is 5.63. The molecule has 0 atom stereocenters. The molecule has 0 saturated carbocycles. The number of alkyl halides is 3. The van der Waals surface area contributed by atoms with Crippen LogP contribution >= 0.6 is 0 Å². The van der Waals surface area contributed by atoms with Crippen molar-refractivity contribution in [3.8, 4) is 0 Å². The summed E-state index contributed by atoms with van der Waals surface area (Å²) in [6, 6.07) is 11.4. The third kappa shape index (κ3) is 7.40. The average molecular weight is 449 g/mol. The summed E-state index contributed by atoms with van der Waals surface area (Å²) in [5.41, 5.74) is 1.02. The lowest BCUT2D eigenvalue weighted by molar-refractivity contribution is -0.137. The van der Waals surface area contributed by atoms with E-state index in [2.05, 4.69) is 25.5 Å². The van der Waals surface area contributed by atoms with E-state index in [0.717, 1.165) is 69.8 Å². The van der Waals surface area contributed by atoms with Gasteiger partial charge in [0, 0.05) is 51.7 Å². The third-order valence-electron chi connectivity index (χ3n) is 5.49. The number of piperazine rings is 1. The minimum atomic E-state index is -4.30. The van der Waals surface area contributed by atoms with E-state index in [4.69, 9.17) is 0 Å². The number of rotatable bonds is 8. The Bertz CT molecular complexity index is 848. The van der Waals surface area contributed by atoms with Crippen LogP contribution in [0, 0.1) is 0 Å². The van der Waals surface area contributed by atoms with Crippen molar-refractivity contribution in [2.45, 2.75) is 25.6 Å². The number of nitrogens with one attached hydrogen (secondary N) is 2. The summed E-state index contributed by atoms with van der Waals surface area (Å²) >= 11 is 0. The molecule has 3 rings (SSSR count). The van der Waals surface area contributed by atoms with Crippen molar-refractivity contribution < 1.29 is 13.2 Å². The number of benzene rings is 1. The van der Waals surface area contributed by atoms with Crippen LogP contribution in [0.3, 0.4) is 0 Å². The van der Waals surface area contributed by atoms with Crippen molar-refractivity contribution in [1.29, 1.82) is 0 Å². The summed E-state index contributed by atoms with van der Waals surface area (Å²) in [5, 5.41) is 6.57. The van der Waals surface area contributed by atoms with Gasteiger partial charge in [0.05, 0.1) is 17.8 Å². The van der Waals surface area contributed by atoms with E-state index in [0.29, 0.717) is 12.2 Å². The highest BCUT2D eigenvalue weighted by Crippen LogP contribution is 2.31. The molecule has 1 saturated heterocycles. The van der Waals surface area contributed by atoms with Gasteiger partial charge in [-0.15, -0.1) is 0 Å². The van der Waals surface area contributed by atoms with E-state index in [9.17, 15) is 13.2 Å². The van der Waals surface area contributed by atoms with Crippen molar-refractivity contribution in [1.82, 2.24) is 20.5 Å². The molecule has 0 bridgehead atoms. The Morgan fingerprint density at radius 2 is 1.84 bits per heavy atom. The second-order valence-corrected chi connectivity index (χ2v) is 7.76. The molecule has 6 nitrogen and oxygen atoms in total. The number of anilines is 1. The average Bonchev–Trinajstić information content (AvgIpc) is 2.81. The van der Waals surface area contributed by atoms with Crippen LogP contribution in [0.1, 0.15) is 24.1 Å². The second kappa shape index (κ2) is 11.7. The summed E-state index contributed by atoms with van der Waals surface area (Å²) in [5.74, 6) is 0.755. The summed E-state index contributed by atoms with van der Waals surface area (Å²) in [4.78, 5) is 12.9. The van der Waals surface area contributed by atoms with Gasteiger partial charge in [-0.25, -0.2) is 0 Å². The van der Waals surface area contributed by atoms with Crippen molar-refractivity contribution in [3.05, 3.63) is 59.9 Å². The van der Waals surface area contributed by atoms with Gasteiger partial charge in [0.25, 0.3) is 0 Å². The second-order valence-electron chi connectivity index (χ2n) is 7.76. The van der Waals surface area contributed by atoms with Gasteiger partial charge in [-0.05, 0) is 49.7 Å². The first kappa shape index (κ1) is 23.8. The largest absolute Gasteiger partial charge is 0.416 e. The number of pyridine rings is 1. The summed E-state index contributed by atoms with van der Waals surface area (Å²) in [6.07, 6.45) is -0.471. The van der Waals surface area contributed by atoms with Crippen LogP contribution < -0.4 is 15.5 Å². The molecule has 0 radical (unpaired) electrons. The molecule has 2 N–H and O–H groups in total. The zero-order valence-corrected chi connectivity index (χ0v) is 18.4. The Labute approximate surface area is 187 Å². The summed E-state index contributed by atoms with van der Waals surface area (Å²) < 4.78 is 38.8. The van der Waals surface area contributed by atoms with Crippen LogP contribution in [0.15, 0.2) is 53.7 Å². The van der Waals surface area contributed by atoms with Gasteiger partial charge in [-0.3, -0.25) is 14.9 Å². The highest BCUT2D eigenvalue weighted by atomic mass is 19.4. The number of nitrogens with zero attached hydrogens (tertiary/aromatic N) is 4. The zero-order valence-electron chi connectivity index (χ0n) is 18.4. The van der Waals surface area contributed by atoms with Crippen LogP contribution in [-0.2, 0) is 12.7 Å². The molecule has 1 aliphatic heterocycles. The molecule has 0 spiro atoms. The number of hydrogen-bond acceptors (Lipinski definition) is 4. The van der Waals surface area contributed by atoms with Gasteiger partial charge in [-0.2, -0.15) is 13.2 Å². The van der Waals surface area contributed by atoms with E-state index in [1.165, 1.54) is 12.1 Å². The standard InChI is InChI=1S/C23H31F3N6/c1-27-22(30-18-20-8-2-3-10-28-20)29-11-4-5-12-31-13-15-32(16-14-31)21-9-6-7-19(17-21)23(24,25)26/h2-3,6-10,17H,4-5,11-16,18H2,1H3,(H2,27,29,30). The number of hydrogen-bond donors (Lipinski definition) is 2. The maximum atomic E-state index is 12.9. The predicted molar refractivity (Wildman–Crippen MR) is 122 cm³/mol. The van der Waals surface area contributed by atoms with E-state index in [1.807, 2.05) is 23.1 Å². The minimum Gasteiger partial charge on any atom is -0.369 e. The number of guanidine groups is 1. The number of aromatic nitrogens is 1. The molecule has 9 heteroatoms. The highest BCUT2D eigenvalue weighted by molar-refractivity contribution is 5.79. The first-order chi connectivity index (χ1) is 15.5. The topological polar surface area (TPSA) is 55.8 Å². The lowest BCUT2D eigenvalue weighted by atomic mass is 10.1. The fourth-order valence-electron chi connectivity index (χ4n) is 3.67. The molecule has 2 heterocycles. The molecule has 174 valence electrons. The van der Waals surface area contributed by atoms with Gasteiger partial charge in [0.2, 0.25) is 0 Å². The van der Waals surface area contributed by atoms with Crippen LogP contribution in [0.5, 0.6) is 0 Å². The van der Waals surface area contributed by atoms with Gasteiger partial charge < -0.3 is 15.5 Å². The maximum absolute atomic E-state index is 12.9. The fraction of sp³-hybridized carbons (Fsp3) is 0.478. The Morgan fingerprint density at radius 1 is 1.03 bits per heavy atom. The van der Waals surface area contributed by atoms with Crippen LogP contribution in [0.2, 0.25) is 0 Å². The SMILES string of the molecule is CN=C(NCCCCN1CCN(c2cccc(C(F)(F)F)c2)CC1)NCc1ccccn1. The Hall–Kier alpha value is -2.81. The lowest BCUT2D eigenvalue weighted by Gasteiger charge is -2.36. The highest BCUT2D eigenvalue weighted by Gasteiger charge is 2.31. The van der Waals surface area contributed by atoms with E-state index in [-0.39, 0.29) is 0 Å². The van der Waals surface area contributed by atoms with E-state index >= 15 is 0 Å². The van der Waals surface area contributed by atoms with Crippen LogP contribution in [0.25, 0.3) is 0 Å². The van der Waals surface area contributed by atoms with Gasteiger partial charge in [0.1, 0.15) is 0 Å². The maximum Gasteiger partial charge on any atom is 0.416 e. The lowest BCUT2D eigenvalue weighted by Crippen LogP contribution is -2.46. The first-order valence-corrected chi connectivity index (χ1v) is 10.9. The molecular weight excluding hydrogens is 417 g/mol. The van der Waals surface area contributed by atoms with Crippen LogP contribution in [-0.4, -0.2) is 62.2 Å². The first-order valence-electron chi connectivity index (χ1n) is 10.9. The molecule has 1 aromatic heterocycles. The number of unbranched alkanes of at least 4 members (excludes halogenated alkanes) is 1. The molecule has 0 unspecified atom stereocenters. The minimum absolute atomic E-state index is 0.588. The Kier molecular flexibility index (Phi) is 8.72. The van der Waals surface area contributed by atoms with Crippen molar-refractivity contribution in [2.24, 2.45) is 4.99 Å². The van der Waals surface area contributed by atoms with Crippen LogP contribution in [0.4, 0.5) is 18.9 Å². The van der Waals surface area contributed by atoms with Gasteiger partial charge >= 0.3 is 6.18 Å². The smallest absolute Gasteiger partial charge is 0.369 e.